The minimum atomic E-state index is 0.611. The monoisotopic (exact) mass is 217 g/mol. The second kappa shape index (κ2) is 7.85. The van der Waals surface area contributed by atoms with Crippen LogP contribution in [0.2, 0.25) is 0 Å². The molecule has 0 aliphatic heterocycles. The summed E-state index contributed by atoms with van der Waals surface area (Å²) in [6, 6.07) is 10.2. The zero-order valence-corrected chi connectivity index (χ0v) is 9.78. The molecule has 0 saturated heterocycles. The molecule has 1 rings (SSSR count). The smallest absolute Gasteiger partial charge is 0.0690 e. The van der Waals surface area contributed by atoms with Crippen LogP contribution in [0.3, 0.4) is 0 Å². The largest absolute Gasteiger partial charge is 0.373 e. The first kappa shape index (κ1) is 12.7. The molecule has 2 nitrogen and oxygen atoms in total. The minimum Gasteiger partial charge on any atom is -0.373 e. The van der Waals surface area contributed by atoms with Gasteiger partial charge in [0, 0.05) is 6.54 Å². The van der Waals surface area contributed by atoms with E-state index < -0.39 is 0 Å². The van der Waals surface area contributed by atoms with Crippen LogP contribution < -0.4 is 5.32 Å². The summed E-state index contributed by atoms with van der Waals surface area (Å²) in [5, 5.41) is 3.04. The van der Waals surface area contributed by atoms with Crippen LogP contribution in [0.4, 0.5) is 0 Å². The Bertz CT molecular complexity index is 330. The number of benzene rings is 1. The Morgan fingerprint density at radius 3 is 2.81 bits per heavy atom. The number of hydrogen-bond donors (Lipinski definition) is 1. The molecule has 2 heteroatoms. The van der Waals surface area contributed by atoms with Gasteiger partial charge in [0.1, 0.15) is 0 Å². The highest BCUT2D eigenvalue weighted by Crippen LogP contribution is 2.00. The van der Waals surface area contributed by atoms with E-state index in [1.807, 2.05) is 31.3 Å². The summed E-state index contributed by atoms with van der Waals surface area (Å²) in [6.07, 6.45) is 4.07. The second-order valence-electron chi connectivity index (χ2n) is 3.61. The molecule has 86 valence electrons. The van der Waals surface area contributed by atoms with Gasteiger partial charge in [0.15, 0.2) is 0 Å². The quantitative estimate of drug-likeness (QED) is 0.559. The Morgan fingerprint density at radius 2 is 2.12 bits per heavy atom. The molecule has 0 unspecified atom stereocenters. The minimum absolute atomic E-state index is 0.611. The number of rotatable bonds is 7. The van der Waals surface area contributed by atoms with Crippen LogP contribution in [0.25, 0.3) is 6.08 Å². The van der Waals surface area contributed by atoms with E-state index in [4.69, 9.17) is 4.74 Å². The molecule has 1 aromatic rings. The molecular weight excluding hydrogens is 198 g/mol. The van der Waals surface area contributed by atoms with Crippen LogP contribution in [0, 0.1) is 0 Å². The summed E-state index contributed by atoms with van der Waals surface area (Å²) in [7, 11) is 1.90. The Morgan fingerprint density at radius 1 is 1.38 bits per heavy atom. The average molecular weight is 217 g/mol. The van der Waals surface area contributed by atoms with Gasteiger partial charge in [0.25, 0.3) is 0 Å². The zero-order valence-electron chi connectivity index (χ0n) is 9.78. The lowest BCUT2D eigenvalue weighted by molar-refractivity contribution is 0.186. The molecule has 0 spiro atoms. The molecule has 0 saturated carbocycles. The van der Waals surface area contributed by atoms with Crippen molar-refractivity contribution >= 4 is 6.08 Å². The Labute approximate surface area is 97.6 Å². The Balaban J connectivity index is 2.16. The predicted octanol–water partition coefficient (Wildman–Crippen LogP) is 2.49. The normalized spacial score (nSPS) is 10.8. The molecule has 0 radical (unpaired) electrons. The van der Waals surface area contributed by atoms with Gasteiger partial charge in [-0.1, -0.05) is 49.1 Å². The maximum absolute atomic E-state index is 5.44. The molecule has 16 heavy (non-hydrogen) atoms. The van der Waals surface area contributed by atoms with E-state index in [1.165, 1.54) is 5.56 Å². The van der Waals surface area contributed by atoms with Crippen molar-refractivity contribution in [3.8, 4) is 0 Å². The molecule has 0 amide bonds. The molecule has 0 aromatic heterocycles. The van der Waals surface area contributed by atoms with Gasteiger partial charge in [-0.2, -0.15) is 0 Å². The van der Waals surface area contributed by atoms with Crippen molar-refractivity contribution in [1.29, 1.82) is 0 Å². The lowest BCUT2D eigenvalue weighted by Crippen LogP contribution is -2.13. The van der Waals surface area contributed by atoms with E-state index in [1.54, 1.807) is 0 Å². The van der Waals surface area contributed by atoms with Crippen LogP contribution in [0.1, 0.15) is 5.56 Å². The van der Waals surface area contributed by atoms with Gasteiger partial charge < -0.3 is 10.1 Å². The van der Waals surface area contributed by atoms with Crippen LogP contribution in [0.5, 0.6) is 0 Å². The van der Waals surface area contributed by atoms with E-state index >= 15 is 0 Å². The molecule has 0 aliphatic rings. The molecule has 0 aliphatic carbocycles. The number of likely N-dealkylation sites (N-methyl/N-ethyl adjacent to an activating group) is 1. The van der Waals surface area contributed by atoms with Crippen molar-refractivity contribution in [2.24, 2.45) is 0 Å². The summed E-state index contributed by atoms with van der Waals surface area (Å²) in [4.78, 5) is 0. The highest BCUT2D eigenvalue weighted by atomic mass is 16.5. The fourth-order valence-electron chi connectivity index (χ4n) is 1.32. The van der Waals surface area contributed by atoms with Crippen LogP contribution in [-0.2, 0) is 4.74 Å². The molecule has 1 aromatic carbocycles. The standard InChI is InChI=1S/C14H19NO/c1-13(11-15-2)12-16-10-6-9-14-7-4-3-5-8-14/h3-9,15H,1,10-12H2,2H3/b9-6+. The summed E-state index contributed by atoms with van der Waals surface area (Å²) in [5.41, 5.74) is 2.26. The first-order valence-corrected chi connectivity index (χ1v) is 5.43. The fourth-order valence-corrected chi connectivity index (χ4v) is 1.32. The fraction of sp³-hybridized carbons (Fsp3) is 0.286. The van der Waals surface area contributed by atoms with E-state index in [0.29, 0.717) is 13.2 Å². The number of hydrogen-bond acceptors (Lipinski definition) is 2. The SMILES string of the molecule is C=C(CNC)COC/C=C/c1ccccc1. The number of ether oxygens (including phenoxy) is 1. The summed E-state index contributed by atoms with van der Waals surface area (Å²) in [6.45, 7) is 5.93. The van der Waals surface area contributed by atoms with E-state index in [0.717, 1.165) is 12.1 Å². The van der Waals surface area contributed by atoms with Gasteiger partial charge in [0.2, 0.25) is 0 Å². The maximum Gasteiger partial charge on any atom is 0.0690 e. The van der Waals surface area contributed by atoms with Crippen LogP contribution >= 0.6 is 0 Å². The Hall–Kier alpha value is -1.38. The molecule has 1 N–H and O–H groups in total. The third kappa shape index (κ3) is 5.49. The number of nitrogens with one attached hydrogen (secondary N) is 1. The predicted molar refractivity (Wildman–Crippen MR) is 69.4 cm³/mol. The second-order valence-corrected chi connectivity index (χ2v) is 3.61. The van der Waals surface area contributed by atoms with Crippen molar-refractivity contribution < 1.29 is 4.74 Å². The highest BCUT2D eigenvalue weighted by Gasteiger charge is 1.90. The van der Waals surface area contributed by atoms with E-state index in [2.05, 4.69) is 30.1 Å². The molecule has 0 heterocycles. The third-order valence-electron chi connectivity index (χ3n) is 2.06. The van der Waals surface area contributed by atoms with Crippen molar-refractivity contribution in [2.45, 2.75) is 0 Å². The average Bonchev–Trinajstić information content (AvgIpc) is 2.30. The molecule has 0 atom stereocenters. The van der Waals surface area contributed by atoms with Crippen LogP contribution in [-0.4, -0.2) is 26.8 Å². The molecular formula is C14H19NO. The molecule has 0 fully saturated rings. The third-order valence-corrected chi connectivity index (χ3v) is 2.06. The zero-order chi connectivity index (χ0) is 11.6. The summed E-state index contributed by atoms with van der Waals surface area (Å²) in [5.74, 6) is 0. The lowest BCUT2D eigenvalue weighted by Gasteiger charge is -2.04. The van der Waals surface area contributed by atoms with Gasteiger partial charge in [-0.25, -0.2) is 0 Å². The maximum atomic E-state index is 5.44. The molecule has 0 bridgehead atoms. The van der Waals surface area contributed by atoms with E-state index in [9.17, 15) is 0 Å². The van der Waals surface area contributed by atoms with Gasteiger partial charge in [0.05, 0.1) is 13.2 Å². The van der Waals surface area contributed by atoms with Crippen molar-refractivity contribution in [1.82, 2.24) is 5.32 Å². The van der Waals surface area contributed by atoms with E-state index in [-0.39, 0.29) is 0 Å². The van der Waals surface area contributed by atoms with Gasteiger partial charge in [-0.15, -0.1) is 0 Å². The first-order valence-electron chi connectivity index (χ1n) is 5.43. The summed E-state index contributed by atoms with van der Waals surface area (Å²) < 4.78 is 5.44. The van der Waals surface area contributed by atoms with Gasteiger partial charge >= 0.3 is 0 Å². The highest BCUT2D eigenvalue weighted by molar-refractivity contribution is 5.48. The van der Waals surface area contributed by atoms with Gasteiger partial charge in [-0.3, -0.25) is 0 Å². The lowest BCUT2D eigenvalue weighted by atomic mass is 10.2. The topological polar surface area (TPSA) is 21.3 Å². The van der Waals surface area contributed by atoms with Crippen molar-refractivity contribution in [3.63, 3.8) is 0 Å². The van der Waals surface area contributed by atoms with Crippen LogP contribution in [0.15, 0.2) is 48.6 Å². The van der Waals surface area contributed by atoms with Gasteiger partial charge in [-0.05, 0) is 18.2 Å². The summed E-state index contributed by atoms with van der Waals surface area (Å²) >= 11 is 0. The Kier molecular flexibility index (Phi) is 6.23. The van der Waals surface area contributed by atoms with Crippen molar-refractivity contribution in [3.05, 3.63) is 54.1 Å². The van der Waals surface area contributed by atoms with Crippen molar-refractivity contribution in [2.75, 3.05) is 26.8 Å². The first-order chi connectivity index (χ1) is 7.83.